The topological polar surface area (TPSA) is 64.6 Å². The normalized spacial score (nSPS) is 13.8. The van der Waals surface area contributed by atoms with E-state index in [-0.39, 0.29) is 6.54 Å². The van der Waals surface area contributed by atoms with Crippen LogP contribution in [0, 0.1) is 0 Å². The molecule has 0 fully saturated rings. The molecule has 106 valence electrons. The fourth-order valence-electron chi connectivity index (χ4n) is 1.14. The average Bonchev–Trinajstić information content (AvgIpc) is 2.36. The highest BCUT2D eigenvalue weighted by atomic mass is 16.6. The van der Waals surface area contributed by atoms with Gasteiger partial charge in [-0.1, -0.05) is 19.7 Å². The van der Waals surface area contributed by atoms with Crippen LogP contribution in [0.4, 0.5) is 0 Å². The van der Waals surface area contributed by atoms with Crippen molar-refractivity contribution in [3.63, 3.8) is 0 Å². The molecule has 0 rings (SSSR count). The van der Waals surface area contributed by atoms with Crippen LogP contribution in [0.1, 0.15) is 20.8 Å². The summed E-state index contributed by atoms with van der Waals surface area (Å²) in [5, 5.41) is 2.97. The molecule has 5 heteroatoms. The SMILES string of the molecule is C=CC(=O)OC(C)(C=C)CNC(C)(C)OC(=O)C=C. The van der Waals surface area contributed by atoms with Crippen LogP contribution in [0.5, 0.6) is 0 Å². The lowest BCUT2D eigenvalue weighted by molar-refractivity contribution is -0.157. The number of carbonyl (C=O) groups is 2. The van der Waals surface area contributed by atoms with Gasteiger partial charge in [0.1, 0.15) is 5.60 Å². The van der Waals surface area contributed by atoms with Gasteiger partial charge in [0.2, 0.25) is 0 Å². The highest BCUT2D eigenvalue weighted by Crippen LogP contribution is 2.14. The van der Waals surface area contributed by atoms with Crippen LogP contribution in [-0.4, -0.2) is 29.8 Å². The Bertz CT molecular complexity index is 387. The monoisotopic (exact) mass is 267 g/mol. The van der Waals surface area contributed by atoms with E-state index in [1.165, 1.54) is 6.08 Å². The first-order valence-electron chi connectivity index (χ1n) is 5.77. The molecule has 0 aliphatic heterocycles. The number of carbonyl (C=O) groups excluding carboxylic acids is 2. The fourth-order valence-corrected chi connectivity index (χ4v) is 1.14. The van der Waals surface area contributed by atoms with E-state index in [0.717, 1.165) is 12.2 Å². The first-order valence-corrected chi connectivity index (χ1v) is 5.77. The number of rotatable bonds is 8. The van der Waals surface area contributed by atoms with Crippen molar-refractivity contribution in [3.8, 4) is 0 Å². The van der Waals surface area contributed by atoms with Gasteiger partial charge in [0.15, 0.2) is 5.72 Å². The van der Waals surface area contributed by atoms with Crippen LogP contribution in [-0.2, 0) is 19.1 Å². The summed E-state index contributed by atoms with van der Waals surface area (Å²) in [6.07, 6.45) is 3.64. The minimum absolute atomic E-state index is 0.230. The molecule has 5 nitrogen and oxygen atoms in total. The van der Waals surface area contributed by atoms with Gasteiger partial charge in [-0.05, 0) is 26.8 Å². The van der Waals surface area contributed by atoms with Gasteiger partial charge in [0.05, 0.1) is 0 Å². The van der Waals surface area contributed by atoms with Crippen molar-refractivity contribution in [1.29, 1.82) is 0 Å². The number of hydrogen-bond acceptors (Lipinski definition) is 5. The van der Waals surface area contributed by atoms with Crippen molar-refractivity contribution in [1.82, 2.24) is 5.32 Å². The van der Waals surface area contributed by atoms with Gasteiger partial charge in [0, 0.05) is 18.7 Å². The van der Waals surface area contributed by atoms with Crippen LogP contribution in [0.25, 0.3) is 0 Å². The minimum atomic E-state index is -0.927. The van der Waals surface area contributed by atoms with Gasteiger partial charge >= 0.3 is 11.9 Å². The lowest BCUT2D eigenvalue weighted by Gasteiger charge is -2.32. The molecule has 0 radical (unpaired) electrons. The van der Waals surface area contributed by atoms with Crippen LogP contribution in [0.2, 0.25) is 0 Å². The highest BCUT2D eigenvalue weighted by Gasteiger charge is 2.29. The Labute approximate surface area is 114 Å². The number of ether oxygens (including phenoxy) is 2. The second-order valence-corrected chi connectivity index (χ2v) is 4.63. The van der Waals surface area contributed by atoms with E-state index in [9.17, 15) is 9.59 Å². The highest BCUT2D eigenvalue weighted by molar-refractivity contribution is 5.82. The summed E-state index contributed by atoms with van der Waals surface area (Å²) in [4.78, 5) is 22.4. The Morgan fingerprint density at radius 1 is 1.05 bits per heavy atom. The van der Waals surface area contributed by atoms with Crippen molar-refractivity contribution in [3.05, 3.63) is 38.0 Å². The lowest BCUT2D eigenvalue weighted by Crippen LogP contribution is -2.50. The molecule has 0 aliphatic carbocycles. The molecule has 1 N–H and O–H groups in total. The number of esters is 2. The summed E-state index contributed by atoms with van der Waals surface area (Å²) in [5.41, 5.74) is -1.85. The molecule has 0 aromatic rings. The molecule has 0 bridgehead atoms. The predicted octanol–water partition coefficient (Wildman–Crippen LogP) is 1.72. The molecule has 0 saturated heterocycles. The summed E-state index contributed by atoms with van der Waals surface area (Å²) in [6, 6.07) is 0. The maximum Gasteiger partial charge on any atom is 0.331 e. The largest absolute Gasteiger partial charge is 0.451 e. The maximum atomic E-state index is 11.2. The van der Waals surface area contributed by atoms with Crippen molar-refractivity contribution in [2.45, 2.75) is 32.1 Å². The first kappa shape index (κ1) is 17.1. The Morgan fingerprint density at radius 3 is 1.95 bits per heavy atom. The molecule has 19 heavy (non-hydrogen) atoms. The van der Waals surface area contributed by atoms with Gasteiger partial charge in [-0.3, -0.25) is 5.32 Å². The van der Waals surface area contributed by atoms with Gasteiger partial charge in [0.25, 0.3) is 0 Å². The standard InChI is InChI=1S/C14H21NO4/c1-7-11(16)18-13(4,5)15-10-14(6,9-3)19-12(17)8-2/h7-9,15H,1-3,10H2,4-6H3. The zero-order valence-electron chi connectivity index (χ0n) is 11.7. The lowest BCUT2D eigenvalue weighted by atomic mass is 10.1. The van der Waals surface area contributed by atoms with Crippen molar-refractivity contribution in [2.75, 3.05) is 6.54 Å². The molecule has 0 amide bonds. The number of hydrogen-bond donors (Lipinski definition) is 1. The molecule has 0 saturated carbocycles. The third kappa shape index (κ3) is 6.57. The van der Waals surface area contributed by atoms with E-state index in [1.807, 2.05) is 0 Å². The van der Waals surface area contributed by atoms with Crippen LogP contribution >= 0.6 is 0 Å². The van der Waals surface area contributed by atoms with Crippen molar-refractivity contribution < 1.29 is 19.1 Å². The summed E-state index contributed by atoms with van der Waals surface area (Å²) in [7, 11) is 0. The fraction of sp³-hybridized carbons (Fsp3) is 0.429. The van der Waals surface area contributed by atoms with Crippen LogP contribution in [0.15, 0.2) is 38.0 Å². The van der Waals surface area contributed by atoms with Gasteiger partial charge in [-0.15, -0.1) is 0 Å². The molecule has 0 aromatic carbocycles. The van der Waals surface area contributed by atoms with Crippen LogP contribution < -0.4 is 5.32 Å². The molecular weight excluding hydrogens is 246 g/mol. The molecule has 1 unspecified atom stereocenters. The first-order chi connectivity index (χ1) is 8.68. The third-order valence-electron chi connectivity index (χ3n) is 2.32. The van der Waals surface area contributed by atoms with Gasteiger partial charge in [-0.2, -0.15) is 0 Å². The van der Waals surface area contributed by atoms with Gasteiger partial charge in [-0.25, -0.2) is 9.59 Å². The quantitative estimate of drug-likeness (QED) is 0.314. The Hall–Kier alpha value is -1.88. The third-order valence-corrected chi connectivity index (χ3v) is 2.32. The second-order valence-electron chi connectivity index (χ2n) is 4.63. The van der Waals surface area contributed by atoms with Gasteiger partial charge < -0.3 is 9.47 Å². The minimum Gasteiger partial charge on any atom is -0.451 e. The van der Waals surface area contributed by atoms with E-state index in [2.05, 4.69) is 25.1 Å². The second kappa shape index (κ2) is 6.89. The summed E-state index contributed by atoms with van der Waals surface area (Å²) in [6.45, 7) is 15.5. The Morgan fingerprint density at radius 2 is 1.53 bits per heavy atom. The summed E-state index contributed by atoms with van der Waals surface area (Å²) in [5.74, 6) is -1.09. The molecule has 0 spiro atoms. The summed E-state index contributed by atoms with van der Waals surface area (Å²) >= 11 is 0. The van der Waals surface area contributed by atoms with E-state index < -0.39 is 23.3 Å². The summed E-state index contributed by atoms with van der Waals surface area (Å²) < 4.78 is 10.3. The zero-order chi connectivity index (χ0) is 15.1. The van der Waals surface area contributed by atoms with E-state index in [1.54, 1.807) is 20.8 Å². The molecular formula is C14H21NO4. The van der Waals surface area contributed by atoms with Crippen LogP contribution in [0.3, 0.4) is 0 Å². The Balaban J connectivity index is 4.60. The average molecular weight is 267 g/mol. The van der Waals surface area contributed by atoms with Crippen molar-refractivity contribution >= 4 is 11.9 Å². The van der Waals surface area contributed by atoms with E-state index >= 15 is 0 Å². The van der Waals surface area contributed by atoms with E-state index in [4.69, 9.17) is 9.47 Å². The molecule has 0 aromatic heterocycles. The zero-order valence-corrected chi connectivity index (χ0v) is 11.7. The van der Waals surface area contributed by atoms with Crippen molar-refractivity contribution in [2.24, 2.45) is 0 Å². The Kier molecular flexibility index (Phi) is 6.21. The number of nitrogens with one attached hydrogen (secondary N) is 1. The van der Waals surface area contributed by atoms with E-state index in [0.29, 0.717) is 0 Å². The predicted molar refractivity (Wildman–Crippen MR) is 73.3 cm³/mol. The maximum absolute atomic E-state index is 11.2. The molecule has 1 atom stereocenters. The molecule has 0 aliphatic rings. The smallest absolute Gasteiger partial charge is 0.331 e. The molecule has 0 heterocycles.